The summed E-state index contributed by atoms with van der Waals surface area (Å²) in [6, 6.07) is 0. The number of nitrogens with one attached hydrogen (secondary N) is 2. The van der Waals surface area contributed by atoms with Gasteiger partial charge in [0.15, 0.2) is 0 Å². The molecule has 1 spiro atoms. The average molecular weight is 213 g/mol. The molecule has 2 rings (SSSR count). The molecule has 0 aromatic rings. The van der Waals surface area contributed by atoms with Gasteiger partial charge in [0.05, 0.1) is 6.54 Å². The Morgan fingerprint density at radius 3 is 2.15 bits per heavy atom. The van der Waals surface area contributed by atoms with Crippen LogP contribution in [0.2, 0.25) is 0 Å². The molecule has 0 aliphatic carbocycles. The van der Waals surface area contributed by atoms with Crippen molar-refractivity contribution in [3.05, 3.63) is 0 Å². The molecule has 0 unspecified atom stereocenters. The monoisotopic (exact) mass is 212 g/mol. The van der Waals surface area contributed by atoms with Crippen LogP contribution in [0, 0.1) is 0 Å². The third kappa shape index (κ3) is 2.30. The molecule has 0 aromatic carbocycles. The largest absolute Gasteiger partial charge is 0.317 e. The predicted octanol–water partition coefficient (Wildman–Crippen LogP) is 1.16. The Balaban J connectivity index is 0.000000845. The van der Waals surface area contributed by atoms with Crippen LogP contribution in [-0.2, 0) is 0 Å². The molecule has 2 nitrogen and oxygen atoms in total. The summed E-state index contributed by atoms with van der Waals surface area (Å²) in [6.07, 6.45) is 1.70. The van der Waals surface area contributed by atoms with E-state index in [2.05, 4.69) is 10.6 Å². The van der Waals surface area contributed by atoms with Gasteiger partial charge in [-0.25, -0.2) is 8.78 Å². The molecule has 5 heteroatoms. The van der Waals surface area contributed by atoms with Gasteiger partial charge in [-0.3, -0.25) is 0 Å². The molecule has 2 aliphatic rings. The van der Waals surface area contributed by atoms with Crippen molar-refractivity contribution < 1.29 is 8.78 Å². The van der Waals surface area contributed by atoms with Crippen LogP contribution in [0.4, 0.5) is 8.78 Å². The van der Waals surface area contributed by atoms with Gasteiger partial charge in [0.1, 0.15) is 0 Å². The first kappa shape index (κ1) is 11.1. The number of rotatable bonds is 0. The van der Waals surface area contributed by atoms with E-state index in [4.69, 9.17) is 0 Å². The molecule has 2 heterocycles. The SMILES string of the molecule is Cl.FC1(F)CNC2(CCNCC2)C1. The van der Waals surface area contributed by atoms with Gasteiger partial charge in [-0.05, 0) is 25.9 Å². The van der Waals surface area contributed by atoms with Crippen molar-refractivity contribution in [2.24, 2.45) is 0 Å². The lowest BCUT2D eigenvalue weighted by atomic mass is 9.86. The summed E-state index contributed by atoms with van der Waals surface area (Å²) in [6.45, 7) is 1.60. The zero-order valence-corrected chi connectivity index (χ0v) is 8.22. The summed E-state index contributed by atoms with van der Waals surface area (Å²) in [5.74, 6) is -2.47. The number of alkyl halides is 2. The first-order chi connectivity index (χ1) is 5.62. The van der Waals surface area contributed by atoms with Crippen molar-refractivity contribution in [2.75, 3.05) is 19.6 Å². The second-order valence-electron chi connectivity index (χ2n) is 3.92. The van der Waals surface area contributed by atoms with Gasteiger partial charge in [0.25, 0.3) is 5.92 Å². The molecule has 0 aromatic heterocycles. The molecule has 0 saturated carbocycles. The van der Waals surface area contributed by atoms with E-state index in [0.717, 1.165) is 25.9 Å². The summed E-state index contributed by atoms with van der Waals surface area (Å²) >= 11 is 0. The van der Waals surface area contributed by atoms with Crippen LogP contribution in [0.15, 0.2) is 0 Å². The highest BCUT2D eigenvalue weighted by Crippen LogP contribution is 2.37. The van der Waals surface area contributed by atoms with E-state index >= 15 is 0 Å². The number of piperidine rings is 1. The normalized spacial score (nSPS) is 30.0. The van der Waals surface area contributed by atoms with Crippen molar-refractivity contribution in [3.63, 3.8) is 0 Å². The fourth-order valence-electron chi connectivity index (χ4n) is 2.20. The topological polar surface area (TPSA) is 24.1 Å². The van der Waals surface area contributed by atoms with Gasteiger partial charge in [0.2, 0.25) is 0 Å². The second-order valence-corrected chi connectivity index (χ2v) is 3.92. The second kappa shape index (κ2) is 3.67. The molecule has 78 valence electrons. The maximum Gasteiger partial charge on any atom is 0.262 e. The molecule has 13 heavy (non-hydrogen) atoms. The third-order valence-electron chi connectivity index (χ3n) is 2.88. The highest BCUT2D eigenvalue weighted by atomic mass is 35.5. The lowest BCUT2D eigenvalue weighted by Crippen LogP contribution is -2.48. The molecule has 0 bridgehead atoms. The minimum absolute atomic E-state index is 0. The number of halogens is 3. The van der Waals surface area contributed by atoms with Gasteiger partial charge in [-0.15, -0.1) is 12.4 Å². The highest BCUT2D eigenvalue weighted by molar-refractivity contribution is 5.85. The van der Waals surface area contributed by atoms with Crippen molar-refractivity contribution in [1.82, 2.24) is 10.6 Å². The Labute approximate surface area is 82.9 Å². The summed E-state index contributed by atoms with van der Waals surface area (Å²) in [4.78, 5) is 0. The van der Waals surface area contributed by atoms with Crippen molar-refractivity contribution in [1.29, 1.82) is 0 Å². The smallest absolute Gasteiger partial charge is 0.262 e. The van der Waals surface area contributed by atoms with Crippen molar-refractivity contribution in [2.45, 2.75) is 30.7 Å². The molecular weight excluding hydrogens is 198 g/mol. The van der Waals surface area contributed by atoms with E-state index in [-0.39, 0.29) is 30.9 Å². The van der Waals surface area contributed by atoms with Gasteiger partial charge in [0, 0.05) is 12.0 Å². The minimum Gasteiger partial charge on any atom is -0.317 e. The van der Waals surface area contributed by atoms with Crippen LogP contribution in [0.25, 0.3) is 0 Å². The average Bonchev–Trinajstić information content (AvgIpc) is 2.29. The maximum atomic E-state index is 12.9. The Bertz CT molecular complexity index is 181. The first-order valence-corrected chi connectivity index (χ1v) is 4.46. The Morgan fingerprint density at radius 2 is 1.69 bits per heavy atom. The molecule has 0 atom stereocenters. The van der Waals surface area contributed by atoms with Crippen LogP contribution in [0.3, 0.4) is 0 Å². The standard InChI is InChI=1S/C8H14F2N2.ClH/c9-8(10)5-7(12-6-8)1-3-11-4-2-7;/h11-12H,1-6H2;1H. The van der Waals surface area contributed by atoms with E-state index < -0.39 is 5.92 Å². The minimum atomic E-state index is -2.47. The third-order valence-corrected chi connectivity index (χ3v) is 2.88. The van der Waals surface area contributed by atoms with E-state index in [9.17, 15) is 8.78 Å². The molecule has 2 aliphatic heterocycles. The highest BCUT2D eigenvalue weighted by Gasteiger charge is 2.49. The van der Waals surface area contributed by atoms with Gasteiger partial charge >= 0.3 is 0 Å². The Hall–Kier alpha value is 0.0700. The van der Waals surface area contributed by atoms with Crippen LogP contribution in [0.1, 0.15) is 19.3 Å². The Morgan fingerprint density at radius 1 is 1.08 bits per heavy atom. The fourth-order valence-corrected chi connectivity index (χ4v) is 2.20. The zero-order valence-electron chi connectivity index (χ0n) is 7.41. The molecule has 2 saturated heterocycles. The van der Waals surface area contributed by atoms with Crippen LogP contribution in [-0.4, -0.2) is 31.1 Å². The summed E-state index contributed by atoms with van der Waals surface area (Å²) in [5, 5.41) is 6.15. The van der Waals surface area contributed by atoms with E-state index in [1.807, 2.05) is 0 Å². The summed E-state index contributed by atoms with van der Waals surface area (Å²) in [7, 11) is 0. The molecular formula is C8H15ClF2N2. The van der Waals surface area contributed by atoms with E-state index in [1.54, 1.807) is 0 Å². The van der Waals surface area contributed by atoms with Crippen molar-refractivity contribution in [3.8, 4) is 0 Å². The molecule has 0 radical (unpaired) electrons. The summed E-state index contributed by atoms with van der Waals surface area (Å²) < 4.78 is 25.8. The quantitative estimate of drug-likeness (QED) is 0.630. The zero-order chi connectivity index (χ0) is 8.66. The number of hydrogen-bond donors (Lipinski definition) is 2. The molecule has 2 fully saturated rings. The van der Waals surface area contributed by atoms with Gasteiger partial charge in [-0.2, -0.15) is 0 Å². The van der Waals surface area contributed by atoms with Crippen LogP contribution < -0.4 is 10.6 Å². The Kier molecular flexibility index (Phi) is 3.15. The maximum absolute atomic E-state index is 12.9. The van der Waals surface area contributed by atoms with E-state index in [1.165, 1.54) is 0 Å². The molecule has 0 amide bonds. The van der Waals surface area contributed by atoms with Crippen LogP contribution in [0.5, 0.6) is 0 Å². The lowest BCUT2D eigenvalue weighted by molar-refractivity contribution is 0.0136. The van der Waals surface area contributed by atoms with Gasteiger partial charge in [-0.1, -0.05) is 0 Å². The van der Waals surface area contributed by atoms with E-state index in [0.29, 0.717) is 0 Å². The van der Waals surface area contributed by atoms with Crippen molar-refractivity contribution >= 4 is 12.4 Å². The van der Waals surface area contributed by atoms with Crippen LogP contribution >= 0.6 is 12.4 Å². The predicted molar refractivity (Wildman–Crippen MR) is 49.6 cm³/mol. The summed E-state index contributed by atoms with van der Waals surface area (Å²) in [5.41, 5.74) is -0.255. The van der Waals surface area contributed by atoms with Gasteiger partial charge < -0.3 is 10.6 Å². The lowest BCUT2D eigenvalue weighted by Gasteiger charge is -2.33. The first-order valence-electron chi connectivity index (χ1n) is 4.46. The molecule has 2 N–H and O–H groups in total. The number of hydrogen-bond acceptors (Lipinski definition) is 2. The fraction of sp³-hybridized carbons (Fsp3) is 1.00.